The summed E-state index contributed by atoms with van der Waals surface area (Å²) in [5, 5.41) is 12.1. The van der Waals surface area contributed by atoms with Crippen LogP contribution in [0.3, 0.4) is 0 Å². The second-order valence-electron chi connectivity index (χ2n) is 5.02. The van der Waals surface area contributed by atoms with Crippen LogP contribution < -0.4 is 5.32 Å². The minimum atomic E-state index is -0.832. The number of rotatable bonds is 6. The number of nitrogens with zero attached hydrogens (tertiary/aromatic N) is 1. The summed E-state index contributed by atoms with van der Waals surface area (Å²) in [5.41, 5.74) is 0.623. The maximum Gasteiger partial charge on any atom is 0.240 e. The molecule has 1 amide bonds. The molecule has 0 atom stereocenters. The summed E-state index contributed by atoms with van der Waals surface area (Å²) in [7, 11) is 0. The highest BCUT2D eigenvalue weighted by Gasteiger charge is 2.34. The molecule has 0 heterocycles. The van der Waals surface area contributed by atoms with E-state index in [1.165, 1.54) is 31.3 Å². The normalized spacial score (nSPS) is 15.7. The number of nitrogens with one attached hydrogen (secondary N) is 1. The fourth-order valence-electron chi connectivity index (χ4n) is 2.42. The first-order valence-corrected chi connectivity index (χ1v) is 7.06. The fourth-order valence-corrected chi connectivity index (χ4v) is 2.42. The Balaban J connectivity index is 2.41. The van der Waals surface area contributed by atoms with Gasteiger partial charge in [-0.15, -0.1) is 0 Å². The number of allylic oxidation sites excluding steroid dienone is 1. The van der Waals surface area contributed by atoms with Crippen molar-refractivity contribution in [2.75, 3.05) is 6.54 Å². The summed E-state index contributed by atoms with van der Waals surface area (Å²) < 4.78 is 0. The van der Waals surface area contributed by atoms with Gasteiger partial charge in [0.15, 0.2) is 0 Å². The Labute approximate surface area is 110 Å². The first-order valence-electron chi connectivity index (χ1n) is 7.06. The molecule has 0 spiro atoms. The summed E-state index contributed by atoms with van der Waals surface area (Å²) in [4.78, 5) is 12.0. The van der Waals surface area contributed by atoms with Crippen LogP contribution in [0.4, 0.5) is 0 Å². The van der Waals surface area contributed by atoms with Gasteiger partial charge in [-0.05, 0) is 44.9 Å². The van der Waals surface area contributed by atoms with Crippen molar-refractivity contribution in [2.24, 2.45) is 5.41 Å². The monoisotopic (exact) mass is 248 g/mol. The Hall–Kier alpha value is -1.30. The number of nitriles is 1. The van der Waals surface area contributed by atoms with E-state index in [1.54, 1.807) is 0 Å². The zero-order valence-corrected chi connectivity index (χ0v) is 11.6. The van der Waals surface area contributed by atoms with Crippen LogP contribution in [0.5, 0.6) is 0 Å². The molecule has 0 saturated carbocycles. The molecule has 1 rings (SSSR count). The molecule has 3 heteroatoms. The molecule has 0 aromatic carbocycles. The van der Waals surface area contributed by atoms with Crippen molar-refractivity contribution in [3.8, 4) is 6.07 Å². The summed E-state index contributed by atoms with van der Waals surface area (Å²) in [5.74, 6) is -0.105. The van der Waals surface area contributed by atoms with Gasteiger partial charge in [-0.2, -0.15) is 5.26 Å². The Bertz CT molecular complexity index is 348. The average molecular weight is 248 g/mol. The SMILES string of the molecule is CCC(C#N)(CC)C(=O)NCCC1=CCCCC1. The van der Waals surface area contributed by atoms with Crippen molar-refractivity contribution >= 4 is 5.91 Å². The molecule has 0 aromatic rings. The van der Waals surface area contributed by atoms with Crippen molar-refractivity contribution in [1.29, 1.82) is 5.26 Å². The minimum absolute atomic E-state index is 0.105. The first kappa shape index (κ1) is 14.8. The molecule has 0 radical (unpaired) electrons. The van der Waals surface area contributed by atoms with Gasteiger partial charge < -0.3 is 5.32 Å². The highest BCUT2D eigenvalue weighted by Crippen LogP contribution is 2.25. The Morgan fingerprint density at radius 3 is 2.67 bits per heavy atom. The van der Waals surface area contributed by atoms with Crippen LogP contribution in [0.1, 0.15) is 58.8 Å². The average Bonchev–Trinajstić information content (AvgIpc) is 2.42. The van der Waals surface area contributed by atoms with Gasteiger partial charge >= 0.3 is 0 Å². The van der Waals surface area contributed by atoms with Gasteiger partial charge in [0.05, 0.1) is 6.07 Å². The maximum atomic E-state index is 12.0. The second-order valence-corrected chi connectivity index (χ2v) is 5.02. The number of amides is 1. The minimum Gasteiger partial charge on any atom is -0.354 e. The smallest absolute Gasteiger partial charge is 0.240 e. The van der Waals surface area contributed by atoms with Gasteiger partial charge in [-0.1, -0.05) is 25.5 Å². The van der Waals surface area contributed by atoms with Crippen molar-refractivity contribution in [3.05, 3.63) is 11.6 Å². The van der Waals surface area contributed by atoms with Gasteiger partial charge in [0.25, 0.3) is 0 Å². The van der Waals surface area contributed by atoms with E-state index in [4.69, 9.17) is 0 Å². The summed E-state index contributed by atoms with van der Waals surface area (Å²) >= 11 is 0. The summed E-state index contributed by atoms with van der Waals surface area (Å²) in [6.45, 7) is 4.46. The van der Waals surface area contributed by atoms with E-state index in [0.29, 0.717) is 19.4 Å². The van der Waals surface area contributed by atoms with Gasteiger partial charge in [0, 0.05) is 6.54 Å². The van der Waals surface area contributed by atoms with Crippen LogP contribution >= 0.6 is 0 Å². The molecule has 3 nitrogen and oxygen atoms in total. The molecule has 0 unspecified atom stereocenters. The fraction of sp³-hybridized carbons (Fsp3) is 0.733. The van der Waals surface area contributed by atoms with Gasteiger partial charge in [0.1, 0.15) is 5.41 Å². The molecule has 18 heavy (non-hydrogen) atoms. The van der Waals surface area contributed by atoms with Crippen LogP contribution in [-0.4, -0.2) is 12.5 Å². The van der Waals surface area contributed by atoms with Crippen LogP contribution in [0.25, 0.3) is 0 Å². The molecular weight excluding hydrogens is 224 g/mol. The zero-order chi connectivity index (χ0) is 13.4. The van der Waals surface area contributed by atoms with E-state index in [0.717, 1.165) is 6.42 Å². The Morgan fingerprint density at radius 1 is 1.44 bits per heavy atom. The predicted octanol–water partition coefficient (Wildman–Crippen LogP) is 3.32. The summed E-state index contributed by atoms with van der Waals surface area (Å²) in [6.07, 6.45) is 9.29. The molecule has 1 N–H and O–H groups in total. The third-order valence-corrected chi connectivity index (χ3v) is 3.97. The zero-order valence-electron chi connectivity index (χ0n) is 11.6. The quantitative estimate of drug-likeness (QED) is 0.733. The molecule has 1 aliphatic carbocycles. The van der Waals surface area contributed by atoms with E-state index < -0.39 is 5.41 Å². The number of carbonyl (C=O) groups excluding carboxylic acids is 1. The lowest BCUT2D eigenvalue weighted by Gasteiger charge is -2.22. The second kappa shape index (κ2) is 7.20. The van der Waals surface area contributed by atoms with Crippen LogP contribution in [0.15, 0.2) is 11.6 Å². The lowest BCUT2D eigenvalue weighted by atomic mass is 9.83. The molecule has 0 saturated heterocycles. The molecule has 0 aliphatic heterocycles. The lowest BCUT2D eigenvalue weighted by Crippen LogP contribution is -2.39. The van der Waals surface area contributed by atoms with E-state index in [2.05, 4.69) is 17.5 Å². The number of carbonyl (C=O) groups is 1. The van der Waals surface area contributed by atoms with Crippen molar-refractivity contribution in [3.63, 3.8) is 0 Å². The molecule has 0 aromatic heterocycles. The van der Waals surface area contributed by atoms with Gasteiger partial charge in [-0.25, -0.2) is 0 Å². The molecule has 100 valence electrons. The van der Waals surface area contributed by atoms with Crippen molar-refractivity contribution in [2.45, 2.75) is 58.8 Å². The first-order chi connectivity index (χ1) is 8.68. The van der Waals surface area contributed by atoms with Crippen LogP contribution in [-0.2, 0) is 4.79 Å². The molecule has 0 fully saturated rings. The molecule has 0 bridgehead atoms. The third-order valence-electron chi connectivity index (χ3n) is 3.97. The predicted molar refractivity (Wildman–Crippen MR) is 72.8 cm³/mol. The standard InChI is InChI=1S/C15H24N2O/c1-3-15(4-2,12-16)14(18)17-11-10-13-8-6-5-7-9-13/h8H,3-7,9-11H2,1-2H3,(H,17,18). The lowest BCUT2D eigenvalue weighted by molar-refractivity contribution is -0.128. The van der Waals surface area contributed by atoms with E-state index in [1.807, 2.05) is 13.8 Å². The topological polar surface area (TPSA) is 52.9 Å². The highest BCUT2D eigenvalue weighted by atomic mass is 16.2. The maximum absolute atomic E-state index is 12.0. The third kappa shape index (κ3) is 3.60. The van der Waals surface area contributed by atoms with Gasteiger partial charge in [-0.3, -0.25) is 4.79 Å². The van der Waals surface area contributed by atoms with E-state index in [-0.39, 0.29) is 5.91 Å². The van der Waals surface area contributed by atoms with Crippen molar-refractivity contribution in [1.82, 2.24) is 5.32 Å². The molecule has 1 aliphatic rings. The largest absolute Gasteiger partial charge is 0.354 e. The number of hydrogen-bond donors (Lipinski definition) is 1. The Morgan fingerprint density at radius 2 is 2.17 bits per heavy atom. The molecular formula is C15H24N2O. The van der Waals surface area contributed by atoms with Crippen LogP contribution in [0.2, 0.25) is 0 Å². The highest BCUT2D eigenvalue weighted by molar-refractivity contribution is 5.85. The van der Waals surface area contributed by atoms with E-state index in [9.17, 15) is 10.1 Å². The van der Waals surface area contributed by atoms with E-state index >= 15 is 0 Å². The summed E-state index contributed by atoms with van der Waals surface area (Å²) in [6, 6.07) is 2.18. The Kier molecular flexibility index (Phi) is 5.91. The van der Waals surface area contributed by atoms with Crippen LogP contribution in [0, 0.1) is 16.7 Å². The van der Waals surface area contributed by atoms with Crippen molar-refractivity contribution < 1.29 is 4.79 Å². The number of hydrogen-bond acceptors (Lipinski definition) is 2. The van der Waals surface area contributed by atoms with Gasteiger partial charge in [0.2, 0.25) is 5.91 Å².